The van der Waals surface area contributed by atoms with E-state index in [2.05, 4.69) is 0 Å². The lowest BCUT2D eigenvalue weighted by Crippen LogP contribution is -2.19. The topological polar surface area (TPSA) is 55.5 Å². The molecular weight excluding hydrogens is 257 g/mol. The summed E-state index contributed by atoms with van der Waals surface area (Å²) in [6.07, 6.45) is 4.40. The lowest BCUT2D eigenvalue weighted by atomic mass is 9.91. The summed E-state index contributed by atoms with van der Waals surface area (Å²) >= 11 is 0. The second-order valence-electron chi connectivity index (χ2n) is 4.62. The molecule has 2 rings (SSSR count). The highest BCUT2D eigenvalue weighted by molar-refractivity contribution is 5.85. The molecule has 5 heteroatoms. The Morgan fingerprint density at radius 1 is 1.39 bits per heavy atom. The fourth-order valence-electron chi connectivity index (χ4n) is 2.57. The number of phenolic OH excluding ortho intramolecular Hbond substituents is 1. The van der Waals surface area contributed by atoms with Gasteiger partial charge in [-0.05, 0) is 24.8 Å². The normalized spacial score (nSPS) is 17.3. The maximum Gasteiger partial charge on any atom is 0.163 e. The first-order chi connectivity index (χ1) is 8.13. The maximum absolute atomic E-state index is 13.4. The Morgan fingerprint density at radius 3 is 2.56 bits per heavy atom. The summed E-state index contributed by atoms with van der Waals surface area (Å²) in [5.74, 6) is 0.0113. The second-order valence-corrected chi connectivity index (χ2v) is 4.62. The monoisotopic (exact) mass is 275 g/mol. The quantitative estimate of drug-likeness (QED) is 0.891. The average molecular weight is 276 g/mol. The Kier molecular flexibility index (Phi) is 5.23. The number of methoxy groups -OCH3 is 1. The molecule has 0 saturated heterocycles. The lowest BCUT2D eigenvalue weighted by molar-refractivity contribution is 0.356. The van der Waals surface area contributed by atoms with Crippen LogP contribution in [0.3, 0.4) is 0 Å². The molecule has 1 aromatic carbocycles. The Balaban J connectivity index is 0.00000162. The van der Waals surface area contributed by atoms with Crippen LogP contribution in [0.5, 0.6) is 11.5 Å². The third kappa shape index (κ3) is 2.87. The van der Waals surface area contributed by atoms with Crippen LogP contribution in [0.2, 0.25) is 0 Å². The van der Waals surface area contributed by atoms with Crippen molar-refractivity contribution in [2.75, 3.05) is 7.11 Å². The molecule has 0 unspecified atom stereocenters. The van der Waals surface area contributed by atoms with E-state index < -0.39 is 5.82 Å². The molecule has 1 aliphatic rings. The Hall–Kier alpha value is -1.00. The first-order valence-electron chi connectivity index (χ1n) is 5.95. The molecule has 102 valence electrons. The summed E-state index contributed by atoms with van der Waals surface area (Å²) in [4.78, 5) is 0. The number of benzene rings is 1. The summed E-state index contributed by atoms with van der Waals surface area (Å²) < 4.78 is 18.3. The lowest BCUT2D eigenvalue weighted by Gasteiger charge is -2.21. The summed E-state index contributed by atoms with van der Waals surface area (Å²) in [5.41, 5.74) is 6.56. The van der Waals surface area contributed by atoms with Crippen molar-refractivity contribution in [2.24, 2.45) is 11.7 Å². The SMILES string of the molecule is COc1cc(F)cc([C@H](N)C2CCCC2)c1O.Cl. The fraction of sp³-hybridized carbons (Fsp3) is 0.538. The van der Waals surface area contributed by atoms with Crippen LogP contribution in [0.15, 0.2) is 12.1 Å². The van der Waals surface area contributed by atoms with Crippen LogP contribution in [-0.2, 0) is 0 Å². The molecule has 0 spiro atoms. The zero-order valence-corrected chi connectivity index (χ0v) is 11.2. The predicted molar refractivity (Wildman–Crippen MR) is 70.8 cm³/mol. The van der Waals surface area contributed by atoms with E-state index in [4.69, 9.17) is 10.5 Å². The maximum atomic E-state index is 13.4. The van der Waals surface area contributed by atoms with Crippen molar-refractivity contribution in [3.63, 3.8) is 0 Å². The number of nitrogens with two attached hydrogens (primary N) is 1. The number of halogens is 2. The Bertz CT molecular complexity index is 408. The van der Waals surface area contributed by atoms with Crippen LogP contribution >= 0.6 is 12.4 Å². The van der Waals surface area contributed by atoms with Gasteiger partial charge in [-0.25, -0.2) is 4.39 Å². The van der Waals surface area contributed by atoms with Crippen molar-refractivity contribution in [2.45, 2.75) is 31.7 Å². The van der Waals surface area contributed by atoms with Gasteiger partial charge in [-0.3, -0.25) is 0 Å². The van der Waals surface area contributed by atoms with Crippen LogP contribution < -0.4 is 10.5 Å². The zero-order chi connectivity index (χ0) is 12.4. The zero-order valence-electron chi connectivity index (χ0n) is 10.4. The van der Waals surface area contributed by atoms with Gasteiger partial charge in [0.05, 0.1) is 7.11 Å². The highest BCUT2D eigenvalue weighted by atomic mass is 35.5. The summed E-state index contributed by atoms with van der Waals surface area (Å²) in [7, 11) is 1.40. The number of hydrogen-bond donors (Lipinski definition) is 2. The molecule has 3 nitrogen and oxygen atoms in total. The van der Waals surface area contributed by atoms with Gasteiger partial charge in [0.15, 0.2) is 11.5 Å². The van der Waals surface area contributed by atoms with Gasteiger partial charge >= 0.3 is 0 Å². The van der Waals surface area contributed by atoms with Gasteiger partial charge in [-0.2, -0.15) is 0 Å². The highest BCUT2D eigenvalue weighted by Gasteiger charge is 2.26. The number of phenols is 1. The molecule has 1 saturated carbocycles. The third-order valence-corrected chi connectivity index (χ3v) is 3.56. The van der Waals surface area contributed by atoms with Gasteiger partial charge in [-0.15, -0.1) is 12.4 Å². The average Bonchev–Trinajstić information content (AvgIpc) is 2.84. The molecule has 1 fully saturated rings. The second kappa shape index (κ2) is 6.25. The molecule has 0 aromatic heterocycles. The summed E-state index contributed by atoms with van der Waals surface area (Å²) in [6.45, 7) is 0. The summed E-state index contributed by atoms with van der Waals surface area (Å²) in [6, 6.07) is 2.16. The number of rotatable bonds is 3. The number of hydrogen-bond acceptors (Lipinski definition) is 3. The molecule has 0 radical (unpaired) electrons. The number of ether oxygens (including phenoxy) is 1. The van der Waals surface area contributed by atoms with E-state index >= 15 is 0 Å². The first-order valence-corrected chi connectivity index (χ1v) is 5.95. The van der Waals surface area contributed by atoms with Crippen molar-refractivity contribution in [1.29, 1.82) is 0 Å². The van der Waals surface area contributed by atoms with Gasteiger partial charge in [-0.1, -0.05) is 12.8 Å². The molecule has 1 atom stereocenters. The van der Waals surface area contributed by atoms with Gasteiger partial charge < -0.3 is 15.6 Å². The van der Waals surface area contributed by atoms with E-state index in [1.54, 1.807) is 0 Å². The minimum Gasteiger partial charge on any atom is -0.504 e. The first kappa shape index (κ1) is 15.1. The van der Waals surface area contributed by atoms with E-state index in [9.17, 15) is 9.50 Å². The van der Waals surface area contributed by atoms with Crippen molar-refractivity contribution in [3.05, 3.63) is 23.5 Å². The van der Waals surface area contributed by atoms with E-state index in [1.165, 1.54) is 19.2 Å². The van der Waals surface area contributed by atoms with Crippen LogP contribution in [0.1, 0.15) is 37.3 Å². The van der Waals surface area contributed by atoms with E-state index in [-0.39, 0.29) is 29.9 Å². The van der Waals surface area contributed by atoms with Gasteiger partial charge in [0.25, 0.3) is 0 Å². The predicted octanol–water partition coefficient (Wildman–Crippen LogP) is 3.15. The van der Waals surface area contributed by atoms with E-state index in [1.807, 2.05) is 0 Å². The molecule has 0 bridgehead atoms. The van der Waals surface area contributed by atoms with Crippen LogP contribution in [0.25, 0.3) is 0 Å². The standard InChI is InChI=1S/C13H18FNO2.ClH/c1-17-11-7-9(14)6-10(13(11)16)12(15)8-4-2-3-5-8;/h6-8,12,16H,2-5,15H2,1H3;1H/t12-;/m1./s1. The number of aromatic hydroxyl groups is 1. The van der Waals surface area contributed by atoms with Crippen molar-refractivity contribution in [3.8, 4) is 11.5 Å². The molecule has 1 aliphatic carbocycles. The molecule has 0 amide bonds. The van der Waals surface area contributed by atoms with Crippen molar-refractivity contribution < 1.29 is 14.2 Å². The fourth-order valence-corrected chi connectivity index (χ4v) is 2.57. The molecule has 0 heterocycles. The summed E-state index contributed by atoms with van der Waals surface area (Å²) in [5, 5.41) is 9.97. The molecule has 3 N–H and O–H groups in total. The molecule has 1 aromatic rings. The van der Waals surface area contributed by atoms with Crippen molar-refractivity contribution >= 4 is 12.4 Å². The Morgan fingerprint density at radius 2 is 2.00 bits per heavy atom. The van der Waals surface area contributed by atoms with Gasteiger partial charge in [0.2, 0.25) is 0 Å². The minimum absolute atomic E-state index is 0. The Labute approximate surface area is 113 Å². The van der Waals surface area contributed by atoms with Gasteiger partial charge in [0, 0.05) is 17.7 Å². The smallest absolute Gasteiger partial charge is 0.163 e. The van der Waals surface area contributed by atoms with Crippen molar-refractivity contribution in [1.82, 2.24) is 0 Å². The highest BCUT2D eigenvalue weighted by Crippen LogP contribution is 2.40. The van der Waals surface area contributed by atoms with E-state index in [0.717, 1.165) is 25.7 Å². The molecule has 18 heavy (non-hydrogen) atoms. The molecule has 0 aliphatic heterocycles. The van der Waals surface area contributed by atoms with Gasteiger partial charge in [0.1, 0.15) is 5.82 Å². The largest absolute Gasteiger partial charge is 0.504 e. The van der Waals surface area contributed by atoms with Crippen LogP contribution in [0, 0.1) is 11.7 Å². The molecular formula is C13H19ClFNO2. The third-order valence-electron chi connectivity index (χ3n) is 3.56. The van der Waals surface area contributed by atoms with Crippen LogP contribution in [-0.4, -0.2) is 12.2 Å². The van der Waals surface area contributed by atoms with E-state index in [0.29, 0.717) is 11.5 Å². The van der Waals surface area contributed by atoms with Crippen LogP contribution in [0.4, 0.5) is 4.39 Å². The minimum atomic E-state index is -0.428.